The lowest BCUT2D eigenvalue weighted by atomic mass is 10.1. The number of halogens is 1. The number of benzene rings is 2. The van der Waals surface area contributed by atoms with Crippen molar-refractivity contribution >= 4 is 28.5 Å². The van der Waals surface area contributed by atoms with E-state index in [1.165, 1.54) is 0 Å². The molecule has 0 spiro atoms. The quantitative estimate of drug-likeness (QED) is 0.600. The van der Waals surface area contributed by atoms with E-state index in [-0.39, 0.29) is 5.69 Å². The number of ether oxygens (including phenoxy) is 1. The Morgan fingerprint density at radius 1 is 1.20 bits per heavy atom. The maximum absolute atomic E-state index is 11.5. The third-order valence-corrected chi connectivity index (χ3v) is 4.87. The number of aromatic nitrogens is 1. The molecule has 25 heavy (non-hydrogen) atoms. The zero-order valence-electron chi connectivity index (χ0n) is 14.2. The van der Waals surface area contributed by atoms with Gasteiger partial charge in [-0.3, -0.25) is 0 Å². The summed E-state index contributed by atoms with van der Waals surface area (Å²) in [6, 6.07) is 11.5. The highest BCUT2D eigenvalue weighted by Crippen LogP contribution is 2.27. The Bertz CT molecular complexity index is 907. The summed E-state index contributed by atoms with van der Waals surface area (Å²) in [5.74, 6) is -0.146. The first kappa shape index (κ1) is 17.4. The van der Waals surface area contributed by atoms with Crippen LogP contribution in [0.5, 0.6) is 5.75 Å². The molecule has 0 aliphatic carbocycles. The molecule has 3 aromatic rings. The number of carboxylic acid groups (broad SMARTS) is 1. The van der Waals surface area contributed by atoms with Gasteiger partial charge in [0.05, 0.1) is 6.61 Å². The number of aryl methyl sites for hydroxylation is 3. The minimum atomic E-state index is -0.934. The topological polar surface area (TPSA) is 62.3 Å². The summed E-state index contributed by atoms with van der Waals surface area (Å²) < 4.78 is 5.82. The molecule has 3 rings (SSSR count). The second-order valence-corrected chi connectivity index (χ2v) is 6.53. The molecule has 130 valence electrons. The van der Waals surface area contributed by atoms with Crippen molar-refractivity contribution in [3.63, 3.8) is 0 Å². The third-order valence-electron chi connectivity index (χ3n) is 4.28. The number of para-hydroxylation sites is 1. The molecule has 0 radical (unpaired) electrons. The molecule has 5 heteroatoms. The highest BCUT2D eigenvalue weighted by molar-refractivity contribution is 6.32. The van der Waals surface area contributed by atoms with Gasteiger partial charge in [-0.2, -0.15) is 0 Å². The number of aromatic amines is 1. The lowest BCUT2D eigenvalue weighted by molar-refractivity contribution is 0.0690. The van der Waals surface area contributed by atoms with E-state index < -0.39 is 5.97 Å². The van der Waals surface area contributed by atoms with Crippen LogP contribution in [-0.2, 0) is 6.42 Å². The van der Waals surface area contributed by atoms with Crippen molar-refractivity contribution in [2.75, 3.05) is 6.61 Å². The van der Waals surface area contributed by atoms with E-state index in [0.717, 1.165) is 44.8 Å². The van der Waals surface area contributed by atoms with E-state index in [1.807, 2.05) is 50.2 Å². The fourth-order valence-corrected chi connectivity index (χ4v) is 3.18. The number of carbonyl (C=O) groups is 1. The van der Waals surface area contributed by atoms with Crippen molar-refractivity contribution < 1.29 is 14.6 Å². The van der Waals surface area contributed by atoms with Gasteiger partial charge in [-0.25, -0.2) is 4.79 Å². The van der Waals surface area contributed by atoms with Gasteiger partial charge in [0.1, 0.15) is 11.4 Å². The summed E-state index contributed by atoms with van der Waals surface area (Å²) in [7, 11) is 0. The maximum atomic E-state index is 11.5. The lowest BCUT2D eigenvalue weighted by Gasteiger charge is -2.10. The molecule has 0 saturated carbocycles. The van der Waals surface area contributed by atoms with Gasteiger partial charge in [0.2, 0.25) is 0 Å². The first-order valence-electron chi connectivity index (χ1n) is 8.20. The van der Waals surface area contributed by atoms with Crippen molar-refractivity contribution in [1.82, 2.24) is 4.98 Å². The van der Waals surface area contributed by atoms with Crippen LogP contribution in [0.4, 0.5) is 0 Å². The molecule has 1 aromatic heterocycles. The molecule has 0 aliphatic rings. The Hall–Kier alpha value is -2.46. The van der Waals surface area contributed by atoms with E-state index in [9.17, 15) is 9.90 Å². The summed E-state index contributed by atoms with van der Waals surface area (Å²) in [5.41, 5.74) is 3.91. The van der Waals surface area contributed by atoms with E-state index >= 15 is 0 Å². The standard InChI is InChI=1S/C20H20ClNO3/c1-12-10-14(11-13(2)18(12)21)25-9-5-7-16-15-6-3-4-8-17(15)22-19(16)20(23)24/h3-4,6,8,10-11,22H,5,7,9H2,1-2H3,(H,23,24). The predicted octanol–water partition coefficient (Wildman–Crippen LogP) is 5.15. The van der Waals surface area contributed by atoms with Crippen LogP contribution in [0.15, 0.2) is 36.4 Å². The van der Waals surface area contributed by atoms with Gasteiger partial charge in [-0.05, 0) is 61.6 Å². The largest absolute Gasteiger partial charge is 0.494 e. The molecule has 0 saturated heterocycles. The molecule has 1 heterocycles. The van der Waals surface area contributed by atoms with Crippen LogP contribution < -0.4 is 4.74 Å². The van der Waals surface area contributed by atoms with Crippen molar-refractivity contribution in [2.24, 2.45) is 0 Å². The van der Waals surface area contributed by atoms with Crippen LogP contribution in [0.2, 0.25) is 5.02 Å². The minimum absolute atomic E-state index is 0.263. The van der Waals surface area contributed by atoms with Crippen molar-refractivity contribution in [3.05, 3.63) is 63.8 Å². The molecule has 0 amide bonds. The zero-order chi connectivity index (χ0) is 18.0. The number of fused-ring (bicyclic) bond motifs is 1. The second-order valence-electron chi connectivity index (χ2n) is 6.15. The van der Waals surface area contributed by atoms with Crippen LogP contribution in [0, 0.1) is 13.8 Å². The average molecular weight is 358 g/mol. The fraction of sp³-hybridized carbons (Fsp3) is 0.250. The Morgan fingerprint density at radius 2 is 1.88 bits per heavy atom. The molecular weight excluding hydrogens is 338 g/mol. The van der Waals surface area contributed by atoms with Crippen molar-refractivity contribution in [2.45, 2.75) is 26.7 Å². The molecule has 2 aromatic carbocycles. The van der Waals surface area contributed by atoms with Crippen LogP contribution in [0.3, 0.4) is 0 Å². The average Bonchev–Trinajstić information content (AvgIpc) is 2.95. The number of hydrogen-bond donors (Lipinski definition) is 2. The van der Waals surface area contributed by atoms with E-state index in [0.29, 0.717) is 13.0 Å². The zero-order valence-corrected chi connectivity index (χ0v) is 15.0. The first-order valence-corrected chi connectivity index (χ1v) is 8.57. The van der Waals surface area contributed by atoms with Crippen molar-refractivity contribution in [3.8, 4) is 5.75 Å². The Balaban J connectivity index is 1.69. The summed E-state index contributed by atoms with van der Waals surface area (Å²) in [6.07, 6.45) is 1.36. The van der Waals surface area contributed by atoms with Gasteiger partial charge in [0.25, 0.3) is 0 Å². The molecule has 0 bridgehead atoms. The minimum Gasteiger partial charge on any atom is -0.494 e. The van der Waals surface area contributed by atoms with Gasteiger partial charge >= 0.3 is 5.97 Å². The first-order chi connectivity index (χ1) is 12.0. The van der Waals surface area contributed by atoms with E-state index in [1.54, 1.807) is 0 Å². The third kappa shape index (κ3) is 3.64. The van der Waals surface area contributed by atoms with Crippen molar-refractivity contribution in [1.29, 1.82) is 0 Å². The molecule has 0 unspecified atom stereocenters. The smallest absolute Gasteiger partial charge is 0.352 e. The lowest BCUT2D eigenvalue weighted by Crippen LogP contribution is -2.04. The van der Waals surface area contributed by atoms with Crippen LogP contribution in [0.1, 0.15) is 33.6 Å². The van der Waals surface area contributed by atoms with Crippen LogP contribution in [-0.4, -0.2) is 22.7 Å². The van der Waals surface area contributed by atoms with Crippen LogP contribution in [0.25, 0.3) is 10.9 Å². The summed E-state index contributed by atoms with van der Waals surface area (Å²) >= 11 is 6.17. The molecule has 2 N–H and O–H groups in total. The summed E-state index contributed by atoms with van der Waals surface area (Å²) in [6.45, 7) is 4.42. The molecule has 0 aliphatic heterocycles. The molecule has 4 nitrogen and oxygen atoms in total. The predicted molar refractivity (Wildman–Crippen MR) is 100 cm³/mol. The Kier molecular flexibility index (Phi) is 5.00. The van der Waals surface area contributed by atoms with E-state index in [4.69, 9.17) is 16.3 Å². The number of carboxylic acids is 1. The monoisotopic (exact) mass is 357 g/mol. The van der Waals surface area contributed by atoms with Gasteiger partial charge in [-0.1, -0.05) is 29.8 Å². The highest BCUT2D eigenvalue weighted by Gasteiger charge is 2.16. The second kappa shape index (κ2) is 7.19. The number of rotatable bonds is 6. The Morgan fingerprint density at radius 3 is 2.56 bits per heavy atom. The molecule has 0 fully saturated rings. The van der Waals surface area contributed by atoms with Gasteiger partial charge < -0.3 is 14.8 Å². The number of aromatic carboxylic acids is 1. The molecular formula is C20H20ClNO3. The number of hydrogen-bond acceptors (Lipinski definition) is 2. The summed E-state index contributed by atoms with van der Waals surface area (Å²) in [5, 5.41) is 11.1. The fourth-order valence-electron chi connectivity index (χ4n) is 3.07. The normalized spacial score (nSPS) is 11.0. The summed E-state index contributed by atoms with van der Waals surface area (Å²) in [4.78, 5) is 14.5. The van der Waals surface area contributed by atoms with Gasteiger partial charge in [0, 0.05) is 15.9 Å². The van der Waals surface area contributed by atoms with Gasteiger partial charge in [-0.15, -0.1) is 0 Å². The van der Waals surface area contributed by atoms with E-state index in [2.05, 4.69) is 4.98 Å². The van der Waals surface area contributed by atoms with Crippen LogP contribution >= 0.6 is 11.6 Å². The highest BCUT2D eigenvalue weighted by atomic mass is 35.5. The Labute approximate surface area is 151 Å². The maximum Gasteiger partial charge on any atom is 0.352 e. The number of nitrogens with one attached hydrogen (secondary N) is 1. The molecule has 0 atom stereocenters. The SMILES string of the molecule is Cc1cc(OCCCc2c(C(=O)O)[nH]c3ccccc23)cc(C)c1Cl. The van der Waals surface area contributed by atoms with Gasteiger partial charge in [0.15, 0.2) is 0 Å². The number of H-pyrrole nitrogens is 1.